The lowest BCUT2D eigenvalue weighted by Crippen LogP contribution is -2.29. The molecule has 1 saturated heterocycles. The number of halogens is 3. The molecule has 1 atom stereocenters. The van der Waals surface area contributed by atoms with Crippen LogP contribution in [0.4, 0.5) is 18.9 Å². The topological polar surface area (TPSA) is 109 Å². The second-order valence-electron chi connectivity index (χ2n) is 8.53. The number of pyridine rings is 1. The van der Waals surface area contributed by atoms with Crippen molar-refractivity contribution in [2.45, 2.75) is 51.1 Å². The number of anilines is 1. The quantitative estimate of drug-likeness (QED) is 0.541. The summed E-state index contributed by atoms with van der Waals surface area (Å²) in [6.45, 7) is 3.52. The molecule has 0 saturated carbocycles. The molecular weight excluding hydrogens is 439 g/mol. The Labute approximate surface area is 186 Å². The Morgan fingerprint density at radius 2 is 2.06 bits per heavy atom. The lowest BCUT2D eigenvalue weighted by atomic mass is 9.95. The van der Waals surface area contributed by atoms with E-state index in [4.69, 9.17) is 0 Å². The van der Waals surface area contributed by atoms with Crippen LogP contribution in [0.25, 0.3) is 10.9 Å². The molecule has 1 aromatic carbocycles. The highest BCUT2D eigenvalue weighted by Gasteiger charge is 2.33. The predicted octanol–water partition coefficient (Wildman–Crippen LogP) is 3.21. The van der Waals surface area contributed by atoms with Crippen molar-refractivity contribution in [3.05, 3.63) is 53.5 Å². The van der Waals surface area contributed by atoms with Gasteiger partial charge in [-0.15, -0.1) is 0 Å². The van der Waals surface area contributed by atoms with Crippen LogP contribution >= 0.6 is 0 Å². The fourth-order valence-corrected chi connectivity index (χ4v) is 3.77. The number of alkyl halides is 3. The number of nitrogens with zero attached hydrogens (tertiary/aromatic N) is 3. The third kappa shape index (κ3) is 4.98. The average Bonchev–Trinajstić information content (AvgIpc) is 3.31. The molecule has 3 heterocycles. The first kappa shape index (κ1) is 22.7. The third-order valence-corrected chi connectivity index (χ3v) is 5.36. The van der Waals surface area contributed by atoms with Gasteiger partial charge in [0, 0.05) is 35.3 Å². The standard InChI is InChI=1S/C22H22F3N5O3/c1-21(2,33)14-9-16-12(10-30(29-16)11-13-6-7-19(31)26-13)8-17(14)28-20(32)15-4-3-5-18(27-15)22(23,24)25/h3-5,8-10,13,33H,6-7,11H2,1-2H3,(H,26,31)(H,28,32). The van der Waals surface area contributed by atoms with E-state index in [2.05, 4.69) is 20.7 Å². The Kier molecular flexibility index (Phi) is 5.61. The molecule has 1 aliphatic rings. The number of carbonyl (C=O) groups is 2. The van der Waals surface area contributed by atoms with Crippen molar-refractivity contribution in [3.8, 4) is 0 Å². The first-order chi connectivity index (χ1) is 15.4. The van der Waals surface area contributed by atoms with Gasteiger partial charge in [-0.1, -0.05) is 6.07 Å². The number of hydrogen-bond acceptors (Lipinski definition) is 5. The van der Waals surface area contributed by atoms with Gasteiger partial charge in [0.1, 0.15) is 11.4 Å². The molecule has 1 unspecified atom stereocenters. The van der Waals surface area contributed by atoms with Crippen molar-refractivity contribution in [2.75, 3.05) is 5.32 Å². The van der Waals surface area contributed by atoms with Crippen molar-refractivity contribution in [1.29, 1.82) is 0 Å². The van der Waals surface area contributed by atoms with Crippen LogP contribution in [0, 0.1) is 0 Å². The van der Waals surface area contributed by atoms with E-state index in [9.17, 15) is 27.9 Å². The summed E-state index contributed by atoms with van der Waals surface area (Å²) < 4.78 is 40.6. The van der Waals surface area contributed by atoms with Crippen LogP contribution < -0.4 is 10.6 Å². The third-order valence-electron chi connectivity index (χ3n) is 5.36. The van der Waals surface area contributed by atoms with Gasteiger partial charge >= 0.3 is 6.18 Å². The number of rotatable bonds is 5. The Morgan fingerprint density at radius 1 is 1.30 bits per heavy atom. The van der Waals surface area contributed by atoms with Gasteiger partial charge in [-0.25, -0.2) is 4.98 Å². The Hall–Kier alpha value is -3.47. The maximum absolute atomic E-state index is 13.0. The summed E-state index contributed by atoms with van der Waals surface area (Å²) in [6, 6.07) is 6.26. The molecule has 0 spiro atoms. The zero-order chi connectivity index (χ0) is 24.0. The minimum absolute atomic E-state index is 0.00534. The number of carbonyl (C=O) groups excluding carboxylic acids is 2. The molecule has 1 aliphatic heterocycles. The number of hydrogen-bond donors (Lipinski definition) is 3. The fourth-order valence-electron chi connectivity index (χ4n) is 3.77. The molecule has 4 rings (SSSR count). The van der Waals surface area contributed by atoms with Crippen molar-refractivity contribution in [1.82, 2.24) is 20.1 Å². The molecule has 0 bridgehead atoms. The maximum atomic E-state index is 13.0. The van der Waals surface area contributed by atoms with Gasteiger partial charge < -0.3 is 15.7 Å². The number of aromatic nitrogens is 3. The molecule has 1 fully saturated rings. The van der Waals surface area contributed by atoms with Crippen LogP contribution in [0.3, 0.4) is 0 Å². The number of amides is 2. The van der Waals surface area contributed by atoms with Gasteiger partial charge in [0.25, 0.3) is 5.91 Å². The van der Waals surface area contributed by atoms with E-state index < -0.39 is 29.1 Å². The highest BCUT2D eigenvalue weighted by Crippen LogP contribution is 2.33. The molecule has 2 amide bonds. The summed E-state index contributed by atoms with van der Waals surface area (Å²) in [7, 11) is 0. The van der Waals surface area contributed by atoms with Crippen molar-refractivity contribution in [3.63, 3.8) is 0 Å². The second kappa shape index (κ2) is 8.14. The van der Waals surface area contributed by atoms with Crippen LogP contribution in [0.15, 0.2) is 36.5 Å². The van der Waals surface area contributed by atoms with Crippen LogP contribution in [-0.2, 0) is 23.1 Å². The van der Waals surface area contributed by atoms with Crippen molar-refractivity contribution < 1.29 is 27.9 Å². The molecule has 0 radical (unpaired) electrons. The lowest BCUT2D eigenvalue weighted by Gasteiger charge is -2.22. The normalized spacial score (nSPS) is 16.8. The summed E-state index contributed by atoms with van der Waals surface area (Å²) in [5, 5.41) is 21.2. The fraction of sp³-hybridized carbons (Fsp3) is 0.364. The van der Waals surface area contributed by atoms with Crippen molar-refractivity contribution >= 4 is 28.4 Å². The Balaban J connectivity index is 1.65. The Bertz CT molecular complexity index is 1230. The zero-order valence-electron chi connectivity index (χ0n) is 17.9. The summed E-state index contributed by atoms with van der Waals surface area (Å²) >= 11 is 0. The number of aliphatic hydroxyl groups is 1. The summed E-state index contributed by atoms with van der Waals surface area (Å²) in [5.74, 6) is -0.846. The van der Waals surface area contributed by atoms with Crippen LogP contribution in [-0.4, -0.2) is 37.7 Å². The summed E-state index contributed by atoms with van der Waals surface area (Å²) in [5.41, 5.74) is -1.82. The number of nitrogens with one attached hydrogen (secondary N) is 2. The smallest absolute Gasteiger partial charge is 0.386 e. The van der Waals surface area contributed by atoms with Crippen LogP contribution in [0.1, 0.15) is 48.4 Å². The van der Waals surface area contributed by atoms with E-state index in [1.54, 1.807) is 23.0 Å². The summed E-state index contributed by atoms with van der Waals surface area (Å²) in [6.07, 6.45) is -1.77. The molecule has 33 heavy (non-hydrogen) atoms. The van der Waals surface area contributed by atoms with Crippen LogP contribution in [0.2, 0.25) is 0 Å². The number of fused-ring (bicyclic) bond motifs is 1. The highest BCUT2D eigenvalue weighted by molar-refractivity contribution is 6.04. The summed E-state index contributed by atoms with van der Waals surface area (Å²) in [4.78, 5) is 27.5. The van der Waals surface area contributed by atoms with E-state index in [0.29, 0.717) is 35.9 Å². The molecule has 8 nitrogen and oxygen atoms in total. The maximum Gasteiger partial charge on any atom is 0.433 e. The molecular formula is C22H22F3N5O3. The lowest BCUT2D eigenvalue weighted by molar-refractivity contribution is -0.141. The van der Waals surface area contributed by atoms with Gasteiger partial charge in [-0.2, -0.15) is 18.3 Å². The average molecular weight is 461 g/mol. The van der Waals surface area contributed by atoms with Gasteiger partial charge in [0.2, 0.25) is 5.91 Å². The van der Waals surface area contributed by atoms with Gasteiger partial charge in [0.15, 0.2) is 0 Å². The van der Waals surface area contributed by atoms with E-state index >= 15 is 0 Å². The minimum atomic E-state index is -4.68. The van der Waals surface area contributed by atoms with E-state index in [-0.39, 0.29) is 17.6 Å². The highest BCUT2D eigenvalue weighted by atomic mass is 19.4. The number of benzene rings is 1. The van der Waals surface area contributed by atoms with E-state index in [0.717, 1.165) is 12.1 Å². The largest absolute Gasteiger partial charge is 0.433 e. The molecule has 0 aliphatic carbocycles. The molecule has 174 valence electrons. The molecule has 3 N–H and O–H groups in total. The second-order valence-corrected chi connectivity index (χ2v) is 8.53. The van der Waals surface area contributed by atoms with Crippen molar-refractivity contribution in [2.24, 2.45) is 0 Å². The van der Waals surface area contributed by atoms with Gasteiger partial charge in [-0.05, 0) is 44.5 Å². The minimum Gasteiger partial charge on any atom is -0.386 e. The van der Waals surface area contributed by atoms with Gasteiger partial charge in [0.05, 0.1) is 17.7 Å². The van der Waals surface area contributed by atoms with Gasteiger partial charge in [-0.3, -0.25) is 14.3 Å². The SMILES string of the molecule is CC(C)(O)c1cc2nn(CC3CCC(=O)N3)cc2cc1NC(=O)c1cccc(C(F)(F)F)n1. The first-order valence-electron chi connectivity index (χ1n) is 10.3. The van der Waals surface area contributed by atoms with E-state index in [1.807, 2.05) is 0 Å². The Morgan fingerprint density at radius 3 is 2.70 bits per heavy atom. The molecule has 11 heteroatoms. The predicted molar refractivity (Wildman–Crippen MR) is 113 cm³/mol. The first-order valence-corrected chi connectivity index (χ1v) is 10.3. The zero-order valence-corrected chi connectivity index (χ0v) is 17.9. The van der Waals surface area contributed by atoms with E-state index in [1.165, 1.54) is 19.9 Å². The molecule has 2 aromatic heterocycles. The molecule has 3 aromatic rings. The monoisotopic (exact) mass is 461 g/mol. The van der Waals surface area contributed by atoms with Crippen LogP contribution in [0.5, 0.6) is 0 Å².